The molecule has 1 fully saturated rings. The second kappa shape index (κ2) is 9.70. The lowest BCUT2D eigenvalue weighted by Gasteiger charge is -2.15. The van der Waals surface area contributed by atoms with Gasteiger partial charge in [-0.3, -0.25) is 4.79 Å². The number of hydrogen-bond acceptors (Lipinski definition) is 4. The number of benzene rings is 1. The van der Waals surface area contributed by atoms with Crippen LogP contribution in [0.15, 0.2) is 18.2 Å². The van der Waals surface area contributed by atoms with Gasteiger partial charge < -0.3 is 20.5 Å². The van der Waals surface area contributed by atoms with Gasteiger partial charge in [-0.15, -0.1) is 12.4 Å². The molecule has 0 bridgehead atoms. The molecular formula is C16H24ClFN2O3. The molecule has 0 radical (unpaired) electrons. The van der Waals surface area contributed by atoms with Crippen LogP contribution in [0.25, 0.3) is 0 Å². The maximum Gasteiger partial charge on any atom is 0.224 e. The van der Waals surface area contributed by atoms with Gasteiger partial charge in [0.05, 0.1) is 11.8 Å². The molecule has 2 rings (SSSR count). The van der Waals surface area contributed by atoms with Crippen molar-refractivity contribution in [3.63, 3.8) is 0 Å². The molecule has 7 heteroatoms. The van der Waals surface area contributed by atoms with Crippen molar-refractivity contribution < 1.29 is 18.7 Å². The van der Waals surface area contributed by atoms with Crippen LogP contribution in [0.3, 0.4) is 0 Å². The van der Waals surface area contributed by atoms with Gasteiger partial charge >= 0.3 is 0 Å². The van der Waals surface area contributed by atoms with E-state index in [1.54, 1.807) is 0 Å². The number of ether oxygens (including phenoxy) is 2. The molecular weight excluding hydrogens is 323 g/mol. The van der Waals surface area contributed by atoms with Crippen molar-refractivity contribution >= 4 is 24.0 Å². The molecule has 1 aromatic rings. The topological polar surface area (TPSA) is 73.6 Å². The first-order valence-electron chi connectivity index (χ1n) is 7.64. The molecule has 2 atom stereocenters. The van der Waals surface area contributed by atoms with Crippen LogP contribution in [0, 0.1) is 5.82 Å². The summed E-state index contributed by atoms with van der Waals surface area (Å²) in [5, 5.41) is 2.68. The average Bonchev–Trinajstić information content (AvgIpc) is 2.97. The normalized spacial score (nSPS) is 18.1. The zero-order valence-corrected chi connectivity index (χ0v) is 14.0. The van der Waals surface area contributed by atoms with Crippen LogP contribution in [-0.4, -0.2) is 31.3 Å². The molecule has 3 N–H and O–H groups in total. The van der Waals surface area contributed by atoms with Crippen LogP contribution in [-0.2, 0) is 9.53 Å². The number of anilines is 1. The Balaban J connectivity index is 0.00000264. The van der Waals surface area contributed by atoms with Gasteiger partial charge in [-0.2, -0.15) is 0 Å². The quantitative estimate of drug-likeness (QED) is 0.796. The Hall–Kier alpha value is -1.37. The fraction of sp³-hybridized carbons (Fsp3) is 0.562. The number of rotatable bonds is 7. The third kappa shape index (κ3) is 6.72. The Morgan fingerprint density at radius 2 is 2.35 bits per heavy atom. The van der Waals surface area contributed by atoms with Crippen LogP contribution in [0.2, 0.25) is 0 Å². The number of nitrogens with two attached hydrogens (primary N) is 1. The van der Waals surface area contributed by atoms with Crippen molar-refractivity contribution in [3.8, 4) is 5.75 Å². The lowest BCUT2D eigenvalue weighted by molar-refractivity contribution is -0.116. The molecule has 0 spiro atoms. The minimum atomic E-state index is -0.424. The zero-order chi connectivity index (χ0) is 15.9. The Bertz CT molecular complexity index is 508. The SMILES string of the molecule is CC(N)CCC(=O)Nc1cc(F)ccc1OCC1CCCO1.Cl. The molecule has 1 aliphatic heterocycles. The lowest BCUT2D eigenvalue weighted by Crippen LogP contribution is -2.20. The van der Waals surface area contributed by atoms with E-state index < -0.39 is 5.82 Å². The van der Waals surface area contributed by atoms with Crippen molar-refractivity contribution in [1.82, 2.24) is 0 Å². The number of hydrogen-bond donors (Lipinski definition) is 2. The molecule has 1 saturated heterocycles. The van der Waals surface area contributed by atoms with Gasteiger partial charge in [0, 0.05) is 25.1 Å². The van der Waals surface area contributed by atoms with E-state index in [4.69, 9.17) is 15.2 Å². The first-order valence-corrected chi connectivity index (χ1v) is 7.64. The molecule has 0 aromatic heterocycles. The van der Waals surface area contributed by atoms with E-state index in [2.05, 4.69) is 5.32 Å². The van der Waals surface area contributed by atoms with Crippen molar-refractivity contribution in [2.24, 2.45) is 5.73 Å². The lowest BCUT2D eigenvalue weighted by atomic mass is 10.2. The maximum absolute atomic E-state index is 13.4. The highest BCUT2D eigenvalue weighted by molar-refractivity contribution is 5.92. The van der Waals surface area contributed by atoms with E-state index in [1.807, 2.05) is 6.92 Å². The summed E-state index contributed by atoms with van der Waals surface area (Å²) in [6.07, 6.45) is 2.91. The monoisotopic (exact) mass is 346 g/mol. The first kappa shape index (κ1) is 19.7. The minimum absolute atomic E-state index is 0. The molecule has 1 amide bonds. The molecule has 1 heterocycles. The third-order valence-corrected chi connectivity index (χ3v) is 3.49. The molecule has 1 aromatic carbocycles. The number of carbonyl (C=O) groups excluding carboxylic acids is 1. The zero-order valence-electron chi connectivity index (χ0n) is 13.2. The fourth-order valence-electron chi connectivity index (χ4n) is 2.26. The van der Waals surface area contributed by atoms with E-state index in [9.17, 15) is 9.18 Å². The highest BCUT2D eigenvalue weighted by Gasteiger charge is 2.17. The van der Waals surface area contributed by atoms with Crippen LogP contribution in [0.4, 0.5) is 10.1 Å². The van der Waals surface area contributed by atoms with E-state index >= 15 is 0 Å². The fourth-order valence-corrected chi connectivity index (χ4v) is 2.26. The van der Waals surface area contributed by atoms with Crippen molar-refractivity contribution in [1.29, 1.82) is 0 Å². The van der Waals surface area contributed by atoms with E-state index in [0.717, 1.165) is 19.4 Å². The van der Waals surface area contributed by atoms with Crippen LogP contribution >= 0.6 is 12.4 Å². The predicted molar refractivity (Wildman–Crippen MR) is 89.6 cm³/mol. The van der Waals surface area contributed by atoms with Gasteiger partial charge in [-0.05, 0) is 38.3 Å². The van der Waals surface area contributed by atoms with Crippen molar-refractivity contribution in [2.45, 2.75) is 44.8 Å². The number of amides is 1. The predicted octanol–water partition coefficient (Wildman–Crippen LogP) is 2.87. The van der Waals surface area contributed by atoms with Crippen molar-refractivity contribution in [3.05, 3.63) is 24.0 Å². The second-order valence-electron chi connectivity index (χ2n) is 5.65. The summed E-state index contributed by atoms with van der Waals surface area (Å²) in [5.41, 5.74) is 5.97. The van der Waals surface area contributed by atoms with Crippen LogP contribution in [0.5, 0.6) is 5.75 Å². The Morgan fingerprint density at radius 1 is 1.57 bits per heavy atom. The molecule has 23 heavy (non-hydrogen) atoms. The van der Waals surface area contributed by atoms with Crippen molar-refractivity contribution in [2.75, 3.05) is 18.5 Å². The smallest absolute Gasteiger partial charge is 0.224 e. The minimum Gasteiger partial charge on any atom is -0.489 e. The molecule has 5 nitrogen and oxygen atoms in total. The van der Waals surface area contributed by atoms with Gasteiger partial charge in [0.1, 0.15) is 18.2 Å². The highest BCUT2D eigenvalue weighted by Crippen LogP contribution is 2.26. The van der Waals surface area contributed by atoms with Crippen LogP contribution < -0.4 is 15.8 Å². The first-order chi connectivity index (χ1) is 10.5. The highest BCUT2D eigenvalue weighted by atomic mass is 35.5. The Kier molecular flexibility index (Phi) is 8.30. The summed E-state index contributed by atoms with van der Waals surface area (Å²) in [5.74, 6) is -0.178. The third-order valence-electron chi connectivity index (χ3n) is 3.49. The van der Waals surface area contributed by atoms with Gasteiger partial charge in [-0.25, -0.2) is 4.39 Å². The van der Waals surface area contributed by atoms with Gasteiger partial charge in [0.2, 0.25) is 5.91 Å². The Morgan fingerprint density at radius 3 is 3.00 bits per heavy atom. The van der Waals surface area contributed by atoms with Gasteiger partial charge in [-0.1, -0.05) is 0 Å². The summed E-state index contributed by atoms with van der Waals surface area (Å²) in [6, 6.07) is 4.04. The summed E-state index contributed by atoms with van der Waals surface area (Å²) >= 11 is 0. The number of carbonyl (C=O) groups is 1. The standard InChI is InChI=1S/C16H23FN2O3.ClH/c1-11(18)4-7-16(20)19-14-9-12(17)5-6-15(14)22-10-13-3-2-8-21-13;/h5-6,9,11,13H,2-4,7-8,10,18H2,1H3,(H,19,20);1H. The summed E-state index contributed by atoms with van der Waals surface area (Å²) in [4.78, 5) is 11.9. The summed E-state index contributed by atoms with van der Waals surface area (Å²) < 4.78 is 24.6. The van der Waals surface area contributed by atoms with Gasteiger partial charge in [0.25, 0.3) is 0 Å². The largest absolute Gasteiger partial charge is 0.489 e. The summed E-state index contributed by atoms with van der Waals surface area (Å²) in [7, 11) is 0. The molecule has 0 aliphatic carbocycles. The molecule has 1 aliphatic rings. The molecule has 0 saturated carbocycles. The van der Waals surface area contributed by atoms with E-state index in [0.29, 0.717) is 30.9 Å². The number of nitrogens with one attached hydrogen (secondary N) is 1. The molecule has 2 unspecified atom stereocenters. The maximum atomic E-state index is 13.4. The average molecular weight is 347 g/mol. The Labute approximate surface area is 142 Å². The van der Waals surface area contributed by atoms with E-state index in [1.165, 1.54) is 18.2 Å². The van der Waals surface area contributed by atoms with Gasteiger partial charge in [0.15, 0.2) is 0 Å². The number of halogens is 2. The van der Waals surface area contributed by atoms with E-state index in [-0.39, 0.29) is 30.5 Å². The summed E-state index contributed by atoms with van der Waals surface area (Å²) in [6.45, 7) is 2.98. The molecule has 130 valence electrons. The second-order valence-corrected chi connectivity index (χ2v) is 5.65. The van der Waals surface area contributed by atoms with Crippen LogP contribution in [0.1, 0.15) is 32.6 Å².